The van der Waals surface area contributed by atoms with Gasteiger partial charge in [-0.15, -0.1) is 0 Å². The van der Waals surface area contributed by atoms with Gasteiger partial charge in [-0.25, -0.2) is 4.79 Å². The lowest BCUT2D eigenvalue weighted by Gasteiger charge is -2.31. The third kappa shape index (κ3) is 33.4. The van der Waals surface area contributed by atoms with Gasteiger partial charge in [0.1, 0.15) is 6.61 Å². The Morgan fingerprint density at radius 3 is 1.49 bits per heavy atom. The predicted molar refractivity (Wildman–Crippen MR) is 211 cm³/mol. The summed E-state index contributed by atoms with van der Waals surface area (Å²) in [4.78, 5) is 36.7. The van der Waals surface area contributed by atoms with Crippen molar-refractivity contribution < 1.29 is 38.2 Å². The maximum Gasteiger partial charge on any atom is 0.362 e. The minimum absolute atomic E-state index is 0.0498. The van der Waals surface area contributed by atoms with Crippen molar-refractivity contribution in [2.24, 2.45) is 0 Å². The standard InChI is InChI=1S/C43H79NO7/c1-6-8-10-12-14-15-16-17-18-19-20-21-22-23-24-25-26-28-29-31-33-41(45)50-38-39(37-49-36-35-40(43(47)48)44(3,4)5)51-42(46)34-32-30-27-13-11-9-7-2/h15-18,39-40H,6-14,19-38H2,1-5H3/p+1/b16-15+,18-17+. The molecule has 0 aromatic carbocycles. The molecule has 0 bridgehead atoms. The maximum atomic E-state index is 12.6. The van der Waals surface area contributed by atoms with Gasteiger partial charge in [-0.05, 0) is 38.5 Å². The molecule has 2 unspecified atom stereocenters. The van der Waals surface area contributed by atoms with Gasteiger partial charge in [0.2, 0.25) is 0 Å². The largest absolute Gasteiger partial charge is 0.477 e. The molecule has 0 rings (SSSR count). The zero-order valence-corrected chi connectivity index (χ0v) is 33.8. The number of unbranched alkanes of at least 4 members (excludes halogenated alkanes) is 20. The zero-order chi connectivity index (χ0) is 37.8. The summed E-state index contributed by atoms with van der Waals surface area (Å²) in [7, 11) is 5.52. The molecule has 0 radical (unpaired) electrons. The van der Waals surface area contributed by atoms with Gasteiger partial charge in [-0.1, -0.05) is 147 Å². The number of carboxylic acids is 1. The molecule has 8 heteroatoms. The summed E-state index contributed by atoms with van der Waals surface area (Å²) in [6.07, 6.45) is 36.6. The zero-order valence-electron chi connectivity index (χ0n) is 33.8. The van der Waals surface area contributed by atoms with E-state index in [1.54, 1.807) is 0 Å². The molecule has 2 atom stereocenters. The van der Waals surface area contributed by atoms with Crippen molar-refractivity contribution in [2.75, 3.05) is 41.0 Å². The first-order valence-electron chi connectivity index (χ1n) is 20.9. The summed E-state index contributed by atoms with van der Waals surface area (Å²) in [5.41, 5.74) is 0. The third-order valence-corrected chi connectivity index (χ3v) is 9.38. The number of aliphatic carboxylic acids is 1. The van der Waals surface area contributed by atoms with E-state index < -0.39 is 18.1 Å². The van der Waals surface area contributed by atoms with E-state index in [-0.39, 0.29) is 36.2 Å². The van der Waals surface area contributed by atoms with Crippen molar-refractivity contribution >= 4 is 17.9 Å². The summed E-state index contributed by atoms with van der Waals surface area (Å²) in [5.74, 6) is -1.47. The van der Waals surface area contributed by atoms with Crippen LogP contribution in [0.5, 0.6) is 0 Å². The number of nitrogens with zero attached hydrogens (tertiary/aromatic N) is 1. The van der Waals surface area contributed by atoms with Crippen LogP contribution >= 0.6 is 0 Å². The summed E-state index contributed by atoms with van der Waals surface area (Å²) < 4.78 is 17.2. The van der Waals surface area contributed by atoms with E-state index in [4.69, 9.17) is 14.2 Å². The number of carbonyl (C=O) groups is 3. The van der Waals surface area contributed by atoms with Gasteiger partial charge in [-0.3, -0.25) is 9.59 Å². The van der Waals surface area contributed by atoms with Gasteiger partial charge in [0.25, 0.3) is 0 Å². The van der Waals surface area contributed by atoms with Crippen molar-refractivity contribution in [3.63, 3.8) is 0 Å². The Hall–Kier alpha value is -2.19. The Labute approximate surface area is 313 Å². The molecular weight excluding hydrogens is 642 g/mol. The molecule has 0 heterocycles. The summed E-state index contributed by atoms with van der Waals surface area (Å²) in [5, 5.41) is 9.57. The molecule has 0 saturated heterocycles. The molecule has 0 fully saturated rings. The van der Waals surface area contributed by atoms with Crippen LogP contribution in [-0.2, 0) is 28.6 Å². The molecule has 0 aromatic rings. The summed E-state index contributed by atoms with van der Waals surface area (Å²) in [6, 6.07) is -0.610. The molecule has 51 heavy (non-hydrogen) atoms. The quantitative estimate of drug-likeness (QED) is 0.0295. The van der Waals surface area contributed by atoms with Gasteiger partial charge in [-0.2, -0.15) is 0 Å². The predicted octanol–water partition coefficient (Wildman–Crippen LogP) is 10.9. The summed E-state index contributed by atoms with van der Waals surface area (Å²) in [6.45, 7) is 4.67. The topological polar surface area (TPSA) is 99.1 Å². The maximum absolute atomic E-state index is 12.6. The third-order valence-electron chi connectivity index (χ3n) is 9.38. The minimum atomic E-state index is -0.876. The molecule has 0 saturated carbocycles. The van der Waals surface area contributed by atoms with Crippen LogP contribution in [-0.4, -0.2) is 80.6 Å². The van der Waals surface area contributed by atoms with E-state index in [0.29, 0.717) is 19.3 Å². The highest BCUT2D eigenvalue weighted by atomic mass is 16.6. The number of hydrogen-bond acceptors (Lipinski definition) is 6. The van der Waals surface area contributed by atoms with Crippen LogP contribution in [0.2, 0.25) is 0 Å². The smallest absolute Gasteiger partial charge is 0.362 e. The highest BCUT2D eigenvalue weighted by Gasteiger charge is 2.31. The van der Waals surface area contributed by atoms with E-state index in [9.17, 15) is 19.5 Å². The lowest BCUT2D eigenvalue weighted by Crippen LogP contribution is -2.50. The Morgan fingerprint density at radius 2 is 1.02 bits per heavy atom. The van der Waals surface area contributed by atoms with Crippen molar-refractivity contribution in [2.45, 2.75) is 193 Å². The summed E-state index contributed by atoms with van der Waals surface area (Å²) >= 11 is 0. The van der Waals surface area contributed by atoms with Gasteiger partial charge in [0, 0.05) is 19.3 Å². The van der Waals surface area contributed by atoms with Gasteiger partial charge < -0.3 is 23.8 Å². The first kappa shape index (κ1) is 48.8. The molecule has 0 aliphatic heterocycles. The second kappa shape index (κ2) is 34.9. The van der Waals surface area contributed by atoms with Crippen molar-refractivity contribution in [3.05, 3.63) is 24.3 Å². The number of carboxylic acid groups (broad SMARTS) is 1. The first-order valence-corrected chi connectivity index (χ1v) is 20.9. The molecule has 8 nitrogen and oxygen atoms in total. The van der Waals surface area contributed by atoms with Gasteiger partial charge in [0.05, 0.1) is 34.4 Å². The minimum Gasteiger partial charge on any atom is -0.477 e. The molecule has 0 spiro atoms. The molecule has 0 amide bonds. The average molecular weight is 723 g/mol. The van der Waals surface area contributed by atoms with E-state index in [2.05, 4.69) is 38.2 Å². The monoisotopic (exact) mass is 723 g/mol. The lowest BCUT2D eigenvalue weighted by molar-refractivity contribution is -0.887. The Morgan fingerprint density at radius 1 is 0.588 bits per heavy atom. The van der Waals surface area contributed by atoms with Crippen LogP contribution < -0.4 is 0 Å². The highest BCUT2D eigenvalue weighted by molar-refractivity contribution is 5.72. The molecule has 0 aliphatic rings. The second-order valence-corrected chi connectivity index (χ2v) is 15.3. The fourth-order valence-corrected chi connectivity index (χ4v) is 6.08. The fourth-order valence-electron chi connectivity index (χ4n) is 6.08. The van der Waals surface area contributed by atoms with Crippen LogP contribution in [0, 0.1) is 0 Å². The van der Waals surface area contributed by atoms with E-state index >= 15 is 0 Å². The van der Waals surface area contributed by atoms with Crippen molar-refractivity contribution in [1.82, 2.24) is 0 Å². The number of hydrogen-bond donors (Lipinski definition) is 1. The number of esters is 2. The Bertz CT molecular complexity index is 895. The van der Waals surface area contributed by atoms with Crippen LogP contribution in [0.25, 0.3) is 0 Å². The number of allylic oxidation sites excluding steroid dienone is 4. The normalized spacial score (nSPS) is 13.2. The highest BCUT2D eigenvalue weighted by Crippen LogP contribution is 2.14. The SMILES string of the molecule is CCCCCC/C=C/C=C/CCCCCCCCCCCCC(=O)OCC(COCCC(C(=O)O)[N+](C)(C)C)OC(=O)CCCCCCCCC. The molecule has 1 N–H and O–H groups in total. The van der Waals surface area contributed by atoms with E-state index in [1.165, 1.54) is 109 Å². The average Bonchev–Trinajstić information content (AvgIpc) is 3.08. The van der Waals surface area contributed by atoms with Crippen LogP contribution in [0.3, 0.4) is 0 Å². The van der Waals surface area contributed by atoms with E-state index in [0.717, 1.165) is 38.5 Å². The number of likely N-dealkylation sites (N-methyl/N-ethyl adjacent to an activating group) is 1. The van der Waals surface area contributed by atoms with Gasteiger partial charge in [0.15, 0.2) is 12.1 Å². The number of ether oxygens (including phenoxy) is 3. The Kier molecular flexibility index (Phi) is 33.4. The number of quaternary nitrogens is 1. The second-order valence-electron chi connectivity index (χ2n) is 15.3. The molecule has 298 valence electrons. The first-order chi connectivity index (χ1) is 24.6. The lowest BCUT2D eigenvalue weighted by atomic mass is 10.1. The van der Waals surface area contributed by atoms with Crippen molar-refractivity contribution in [3.8, 4) is 0 Å². The van der Waals surface area contributed by atoms with E-state index in [1.807, 2.05) is 21.1 Å². The molecular formula is C43H80NO7+. The van der Waals surface area contributed by atoms with Crippen LogP contribution in [0.15, 0.2) is 24.3 Å². The number of rotatable bonds is 37. The van der Waals surface area contributed by atoms with Crippen molar-refractivity contribution in [1.29, 1.82) is 0 Å². The molecule has 0 aromatic heterocycles. The number of carbonyl (C=O) groups excluding carboxylic acids is 2. The molecule has 0 aliphatic carbocycles. The van der Waals surface area contributed by atoms with Crippen LogP contribution in [0.1, 0.15) is 181 Å². The fraction of sp³-hybridized carbons (Fsp3) is 0.837. The Balaban J connectivity index is 4.19. The van der Waals surface area contributed by atoms with Crippen LogP contribution in [0.4, 0.5) is 0 Å². The van der Waals surface area contributed by atoms with Gasteiger partial charge >= 0.3 is 17.9 Å².